The Hall–Kier alpha value is -2.23. The topological polar surface area (TPSA) is 95.2 Å². The molecule has 1 aliphatic rings. The third-order valence-electron chi connectivity index (χ3n) is 4.80. The van der Waals surface area contributed by atoms with Crippen molar-refractivity contribution in [2.75, 3.05) is 18.4 Å². The van der Waals surface area contributed by atoms with E-state index in [4.69, 9.17) is 0 Å². The molecule has 1 fully saturated rings. The zero-order valence-electron chi connectivity index (χ0n) is 14.8. The standard InChI is InChI=1S/C18H20N4O3S2/c1-12-7-8-16(26-12)27(24,25)22-9-3-5-14(11-22)18(23)20-15-6-2-4-13-10-19-21-17(13)15/h2,4,6-8,10,14H,3,5,9,11H2,1H3,(H,19,21)(H,20,23)/t14-/m0/s1. The first kappa shape index (κ1) is 18.1. The quantitative estimate of drug-likeness (QED) is 0.699. The molecule has 2 N–H and O–H groups in total. The molecule has 4 rings (SSSR count). The lowest BCUT2D eigenvalue weighted by molar-refractivity contribution is -0.120. The number of fused-ring (bicyclic) bond motifs is 1. The fourth-order valence-electron chi connectivity index (χ4n) is 3.36. The number of aromatic nitrogens is 2. The van der Waals surface area contributed by atoms with Crippen LogP contribution in [0.3, 0.4) is 0 Å². The second-order valence-corrected chi connectivity index (χ2v) is 10.1. The molecule has 1 saturated heterocycles. The summed E-state index contributed by atoms with van der Waals surface area (Å²) in [5.41, 5.74) is 1.42. The van der Waals surface area contributed by atoms with E-state index in [0.717, 1.165) is 15.8 Å². The van der Waals surface area contributed by atoms with Crippen LogP contribution in [0.4, 0.5) is 5.69 Å². The molecule has 0 aliphatic carbocycles. The number of benzene rings is 1. The van der Waals surface area contributed by atoms with Crippen LogP contribution in [0.15, 0.2) is 40.7 Å². The van der Waals surface area contributed by atoms with Crippen molar-refractivity contribution in [2.45, 2.75) is 24.0 Å². The highest BCUT2D eigenvalue weighted by Gasteiger charge is 2.34. The fraction of sp³-hybridized carbons (Fsp3) is 0.333. The van der Waals surface area contributed by atoms with E-state index in [1.54, 1.807) is 18.3 Å². The molecule has 1 aromatic carbocycles. The number of anilines is 1. The van der Waals surface area contributed by atoms with E-state index in [1.807, 2.05) is 25.1 Å². The Morgan fingerprint density at radius 2 is 2.19 bits per heavy atom. The molecule has 0 radical (unpaired) electrons. The van der Waals surface area contributed by atoms with Crippen LogP contribution in [0.1, 0.15) is 17.7 Å². The number of carbonyl (C=O) groups excluding carboxylic acids is 1. The minimum absolute atomic E-state index is 0.167. The van der Waals surface area contributed by atoms with Gasteiger partial charge in [0.25, 0.3) is 10.0 Å². The van der Waals surface area contributed by atoms with Gasteiger partial charge in [-0.25, -0.2) is 8.42 Å². The van der Waals surface area contributed by atoms with Crippen molar-refractivity contribution in [3.8, 4) is 0 Å². The van der Waals surface area contributed by atoms with Crippen LogP contribution < -0.4 is 5.32 Å². The van der Waals surface area contributed by atoms with Crippen LogP contribution in [0, 0.1) is 12.8 Å². The molecule has 1 atom stereocenters. The van der Waals surface area contributed by atoms with Crippen LogP contribution in [0.25, 0.3) is 10.9 Å². The molecule has 3 aromatic rings. The number of nitrogens with one attached hydrogen (secondary N) is 2. The van der Waals surface area contributed by atoms with E-state index < -0.39 is 10.0 Å². The Kier molecular flexibility index (Phi) is 4.75. The van der Waals surface area contributed by atoms with Crippen LogP contribution in [0.2, 0.25) is 0 Å². The number of carbonyl (C=O) groups is 1. The van der Waals surface area contributed by atoms with Gasteiger partial charge < -0.3 is 5.32 Å². The molecule has 9 heteroatoms. The highest BCUT2D eigenvalue weighted by molar-refractivity contribution is 7.91. The number of H-pyrrole nitrogens is 1. The van der Waals surface area contributed by atoms with Crippen molar-refractivity contribution in [3.63, 3.8) is 0 Å². The minimum atomic E-state index is -3.55. The van der Waals surface area contributed by atoms with Crippen LogP contribution in [0.5, 0.6) is 0 Å². The Morgan fingerprint density at radius 1 is 1.33 bits per heavy atom. The lowest BCUT2D eigenvalue weighted by Crippen LogP contribution is -2.43. The summed E-state index contributed by atoms with van der Waals surface area (Å²) in [5, 5.41) is 10.7. The molecular weight excluding hydrogens is 384 g/mol. The van der Waals surface area contributed by atoms with Gasteiger partial charge in [0.15, 0.2) is 0 Å². The van der Waals surface area contributed by atoms with E-state index in [0.29, 0.717) is 29.3 Å². The van der Waals surface area contributed by atoms with Gasteiger partial charge in [-0.15, -0.1) is 11.3 Å². The van der Waals surface area contributed by atoms with E-state index in [1.165, 1.54) is 15.6 Å². The average molecular weight is 405 g/mol. The maximum Gasteiger partial charge on any atom is 0.252 e. The normalized spacial score (nSPS) is 18.6. The number of sulfonamides is 1. The smallest absolute Gasteiger partial charge is 0.252 e. The second-order valence-electron chi connectivity index (χ2n) is 6.70. The zero-order chi connectivity index (χ0) is 19.0. The fourth-order valence-corrected chi connectivity index (χ4v) is 6.32. The number of rotatable bonds is 4. The summed E-state index contributed by atoms with van der Waals surface area (Å²) in [6, 6.07) is 9.01. The van der Waals surface area contributed by atoms with Gasteiger partial charge in [-0.3, -0.25) is 9.89 Å². The highest BCUT2D eigenvalue weighted by Crippen LogP contribution is 2.29. The summed E-state index contributed by atoms with van der Waals surface area (Å²) in [5.74, 6) is -0.549. The van der Waals surface area contributed by atoms with Crippen LogP contribution in [-0.4, -0.2) is 41.9 Å². The molecule has 0 bridgehead atoms. The molecule has 0 saturated carbocycles. The average Bonchev–Trinajstić information content (AvgIpc) is 3.31. The molecule has 1 amide bonds. The maximum atomic E-state index is 12.9. The predicted molar refractivity (Wildman–Crippen MR) is 105 cm³/mol. The molecule has 2 aromatic heterocycles. The highest BCUT2D eigenvalue weighted by atomic mass is 32.2. The lowest BCUT2D eigenvalue weighted by Gasteiger charge is -2.30. The summed E-state index contributed by atoms with van der Waals surface area (Å²) in [7, 11) is -3.55. The van der Waals surface area contributed by atoms with Crippen LogP contribution in [-0.2, 0) is 14.8 Å². The maximum absolute atomic E-state index is 12.9. The molecular formula is C18H20N4O3S2. The SMILES string of the molecule is Cc1ccc(S(=O)(=O)N2CCC[C@H](C(=O)Nc3cccc4cn[nH]c34)C2)s1. The molecule has 3 heterocycles. The predicted octanol–water partition coefficient (Wildman–Crippen LogP) is 2.97. The first-order chi connectivity index (χ1) is 12.9. The van der Waals surface area contributed by atoms with Crippen molar-refractivity contribution < 1.29 is 13.2 Å². The Balaban J connectivity index is 1.51. The Bertz CT molecular complexity index is 1090. The summed E-state index contributed by atoms with van der Waals surface area (Å²) >= 11 is 1.26. The summed E-state index contributed by atoms with van der Waals surface area (Å²) in [6.07, 6.45) is 3.03. The molecule has 1 aliphatic heterocycles. The number of thiophene rings is 1. The molecule has 142 valence electrons. The number of aryl methyl sites for hydroxylation is 1. The van der Waals surface area contributed by atoms with Gasteiger partial charge in [-0.1, -0.05) is 12.1 Å². The molecule has 7 nitrogen and oxygen atoms in total. The zero-order valence-corrected chi connectivity index (χ0v) is 16.4. The number of amides is 1. The van der Waals surface area contributed by atoms with Gasteiger partial charge in [0, 0.05) is 23.4 Å². The Morgan fingerprint density at radius 3 is 2.96 bits per heavy atom. The first-order valence-electron chi connectivity index (χ1n) is 8.75. The lowest BCUT2D eigenvalue weighted by atomic mass is 9.98. The van der Waals surface area contributed by atoms with E-state index >= 15 is 0 Å². The van der Waals surface area contributed by atoms with Crippen LogP contribution >= 0.6 is 11.3 Å². The van der Waals surface area contributed by atoms with Gasteiger partial charge in [-0.05, 0) is 38.0 Å². The number of hydrogen-bond acceptors (Lipinski definition) is 5. The van der Waals surface area contributed by atoms with Crippen molar-refractivity contribution in [3.05, 3.63) is 41.4 Å². The molecule has 0 unspecified atom stereocenters. The van der Waals surface area contributed by atoms with E-state index in [-0.39, 0.29) is 18.4 Å². The van der Waals surface area contributed by atoms with E-state index in [9.17, 15) is 13.2 Å². The number of nitrogens with zero attached hydrogens (tertiary/aromatic N) is 2. The molecule has 0 spiro atoms. The third kappa shape index (κ3) is 3.50. The van der Waals surface area contributed by atoms with Crippen molar-refractivity contribution >= 4 is 43.9 Å². The van der Waals surface area contributed by atoms with Crippen molar-refractivity contribution in [2.24, 2.45) is 5.92 Å². The summed E-state index contributed by atoms with van der Waals surface area (Å²) in [6.45, 7) is 2.52. The second kappa shape index (κ2) is 7.06. The summed E-state index contributed by atoms with van der Waals surface area (Å²) in [4.78, 5) is 13.7. The van der Waals surface area contributed by atoms with Gasteiger partial charge in [-0.2, -0.15) is 9.40 Å². The largest absolute Gasteiger partial charge is 0.324 e. The van der Waals surface area contributed by atoms with Gasteiger partial charge in [0.05, 0.1) is 23.3 Å². The van der Waals surface area contributed by atoms with Gasteiger partial charge in [0.1, 0.15) is 4.21 Å². The Labute approximate surface area is 161 Å². The number of hydrogen-bond donors (Lipinski definition) is 2. The first-order valence-corrected chi connectivity index (χ1v) is 11.0. The summed E-state index contributed by atoms with van der Waals surface area (Å²) < 4.78 is 27.5. The van der Waals surface area contributed by atoms with Crippen molar-refractivity contribution in [1.82, 2.24) is 14.5 Å². The van der Waals surface area contributed by atoms with Crippen molar-refractivity contribution in [1.29, 1.82) is 0 Å². The van der Waals surface area contributed by atoms with Gasteiger partial charge in [0.2, 0.25) is 5.91 Å². The number of aromatic amines is 1. The number of para-hydroxylation sites is 1. The van der Waals surface area contributed by atoms with E-state index in [2.05, 4.69) is 15.5 Å². The van der Waals surface area contributed by atoms with Gasteiger partial charge >= 0.3 is 0 Å². The third-order valence-corrected chi connectivity index (χ3v) is 8.13. The monoisotopic (exact) mass is 404 g/mol. The minimum Gasteiger partial charge on any atom is -0.324 e. The molecule has 27 heavy (non-hydrogen) atoms. The number of piperidine rings is 1.